The van der Waals surface area contributed by atoms with Crippen molar-refractivity contribution in [3.63, 3.8) is 0 Å². The van der Waals surface area contributed by atoms with Gasteiger partial charge < -0.3 is 5.32 Å². The van der Waals surface area contributed by atoms with E-state index in [1.54, 1.807) is 12.3 Å². The summed E-state index contributed by atoms with van der Waals surface area (Å²) in [5.41, 5.74) is 2.73. The number of benzene rings is 3. The van der Waals surface area contributed by atoms with Crippen LogP contribution in [-0.4, -0.2) is 17.4 Å². The average molecular weight is 326 g/mol. The Hall–Kier alpha value is -3.20. The number of fused-ring (bicyclic) bond motifs is 2. The Bertz CT molecular complexity index is 1050. The minimum Gasteiger partial charge on any atom is -0.352 e. The molecule has 0 aliphatic heterocycles. The van der Waals surface area contributed by atoms with E-state index in [0.717, 1.165) is 17.3 Å². The molecule has 0 radical (unpaired) electrons. The Balaban J connectivity index is 1.46. The van der Waals surface area contributed by atoms with Gasteiger partial charge in [0.2, 0.25) is 0 Å². The summed E-state index contributed by atoms with van der Waals surface area (Å²) < 4.78 is 0. The lowest BCUT2D eigenvalue weighted by atomic mass is 10.0. The van der Waals surface area contributed by atoms with E-state index in [4.69, 9.17) is 0 Å². The first-order chi connectivity index (χ1) is 12.3. The molecule has 0 saturated carbocycles. The molecule has 4 aromatic rings. The Morgan fingerprint density at radius 1 is 0.880 bits per heavy atom. The van der Waals surface area contributed by atoms with Crippen LogP contribution in [0.15, 0.2) is 79.0 Å². The molecule has 3 heteroatoms. The fourth-order valence-electron chi connectivity index (χ4n) is 3.10. The monoisotopic (exact) mass is 326 g/mol. The maximum Gasteiger partial charge on any atom is 0.252 e. The molecule has 0 atom stereocenters. The largest absolute Gasteiger partial charge is 0.352 e. The second-order valence-electron chi connectivity index (χ2n) is 6.06. The molecular weight excluding hydrogens is 308 g/mol. The lowest BCUT2D eigenvalue weighted by Gasteiger charge is -2.08. The zero-order chi connectivity index (χ0) is 17.1. The van der Waals surface area contributed by atoms with Gasteiger partial charge in [-0.05, 0) is 34.9 Å². The molecule has 1 N–H and O–H groups in total. The van der Waals surface area contributed by atoms with E-state index in [0.29, 0.717) is 12.1 Å². The quantitative estimate of drug-likeness (QED) is 0.605. The Labute approximate surface area is 146 Å². The van der Waals surface area contributed by atoms with Gasteiger partial charge >= 0.3 is 0 Å². The molecule has 0 bridgehead atoms. The molecule has 25 heavy (non-hydrogen) atoms. The molecule has 4 rings (SSSR count). The van der Waals surface area contributed by atoms with E-state index in [1.807, 2.05) is 36.4 Å². The predicted molar refractivity (Wildman–Crippen MR) is 102 cm³/mol. The number of nitrogens with zero attached hydrogens (tertiary/aromatic N) is 1. The number of nitrogens with one attached hydrogen (secondary N) is 1. The first kappa shape index (κ1) is 15.3. The maximum atomic E-state index is 12.5. The number of aromatic nitrogens is 1. The highest BCUT2D eigenvalue weighted by Gasteiger charge is 2.09. The summed E-state index contributed by atoms with van der Waals surface area (Å²) in [5, 5.41) is 6.37. The highest BCUT2D eigenvalue weighted by Crippen LogP contribution is 2.17. The summed E-state index contributed by atoms with van der Waals surface area (Å²) in [5.74, 6) is -0.0561. The number of amides is 1. The minimum absolute atomic E-state index is 0.0561. The van der Waals surface area contributed by atoms with Gasteiger partial charge in [-0.15, -0.1) is 0 Å². The van der Waals surface area contributed by atoms with Crippen LogP contribution in [0.5, 0.6) is 0 Å². The van der Waals surface area contributed by atoms with Crippen molar-refractivity contribution in [3.8, 4) is 0 Å². The number of hydrogen-bond acceptors (Lipinski definition) is 2. The number of pyridine rings is 1. The van der Waals surface area contributed by atoms with E-state index >= 15 is 0 Å². The van der Waals surface area contributed by atoms with Gasteiger partial charge in [0.15, 0.2) is 0 Å². The molecule has 122 valence electrons. The van der Waals surface area contributed by atoms with Crippen LogP contribution in [0.1, 0.15) is 15.9 Å². The van der Waals surface area contributed by atoms with Gasteiger partial charge in [-0.25, -0.2) is 0 Å². The van der Waals surface area contributed by atoms with Crippen molar-refractivity contribution in [1.82, 2.24) is 10.3 Å². The van der Waals surface area contributed by atoms with Crippen LogP contribution >= 0.6 is 0 Å². The van der Waals surface area contributed by atoms with E-state index in [9.17, 15) is 4.79 Å². The molecule has 1 heterocycles. The lowest BCUT2D eigenvalue weighted by molar-refractivity contribution is 0.0955. The third-order valence-electron chi connectivity index (χ3n) is 4.41. The standard InChI is InChI=1S/C22H18N2O/c25-22(20-12-14-23-21-8-4-3-7-19(20)21)24-13-11-16-9-10-17-5-1-2-6-18(17)15-16/h1-10,12,14-15H,11,13H2,(H,24,25). The van der Waals surface area contributed by atoms with Crippen LogP contribution in [-0.2, 0) is 6.42 Å². The first-order valence-electron chi connectivity index (χ1n) is 8.41. The molecule has 0 saturated heterocycles. The summed E-state index contributed by atoms with van der Waals surface area (Å²) >= 11 is 0. The number of hydrogen-bond donors (Lipinski definition) is 1. The summed E-state index contributed by atoms with van der Waals surface area (Å²) in [6.45, 7) is 0.605. The van der Waals surface area contributed by atoms with E-state index in [-0.39, 0.29) is 5.91 Å². The van der Waals surface area contributed by atoms with Crippen LogP contribution in [0.2, 0.25) is 0 Å². The Morgan fingerprint density at radius 3 is 2.60 bits per heavy atom. The Morgan fingerprint density at radius 2 is 1.68 bits per heavy atom. The van der Waals surface area contributed by atoms with Crippen molar-refractivity contribution in [1.29, 1.82) is 0 Å². The average Bonchev–Trinajstić information content (AvgIpc) is 2.67. The van der Waals surface area contributed by atoms with Crippen LogP contribution < -0.4 is 5.32 Å². The fourth-order valence-corrected chi connectivity index (χ4v) is 3.10. The normalized spacial score (nSPS) is 10.9. The number of carbonyl (C=O) groups excluding carboxylic acids is 1. The maximum absolute atomic E-state index is 12.5. The summed E-state index contributed by atoms with van der Waals surface area (Å²) in [6, 6.07) is 24.2. The second kappa shape index (κ2) is 6.73. The molecule has 1 amide bonds. The molecule has 0 aliphatic rings. The number of rotatable bonds is 4. The molecule has 0 aliphatic carbocycles. The highest BCUT2D eigenvalue weighted by molar-refractivity contribution is 6.05. The van der Waals surface area contributed by atoms with Gasteiger partial charge in [-0.3, -0.25) is 9.78 Å². The molecule has 0 fully saturated rings. The van der Waals surface area contributed by atoms with Crippen LogP contribution in [0.3, 0.4) is 0 Å². The predicted octanol–water partition coefficient (Wildman–Crippen LogP) is 4.36. The van der Waals surface area contributed by atoms with Crippen molar-refractivity contribution in [2.75, 3.05) is 6.54 Å². The first-order valence-corrected chi connectivity index (χ1v) is 8.41. The molecular formula is C22H18N2O. The SMILES string of the molecule is O=C(NCCc1ccc2ccccc2c1)c1ccnc2ccccc12. The van der Waals surface area contributed by atoms with Crippen LogP contribution in [0, 0.1) is 0 Å². The van der Waals surface area contributed by atoms with Crippen molar-refractivity contribution >= 4 is 27.6 Å². The second-order valence-corrected chi connectivity index (χ2v) is 6.06. The van der Waals surface area contributed by atoms with Crippen LogP contribution in [0.25, 0.3) is 21.7 Å². The van der Waals surface area contributed by atoms with Crippen molar-refractivity contribution < 1.29 is 4.79 Å². The summed E-state index contributed by atoms with van der Waals surface area (Å²) in [4.78, 5) is 16.8. The number of carbonyl (C=O) groups is 1. The van der Waals surface area contributed by atoms with E-state index < -0.39 is 0 Å². The molecule has 3 nitrogen and oxygen atoms in total. The molecule has 3 aromatic carbocycles. The van der Waals surface area contributed by atoms with Crippen molar-refractivity contribution in [2.45, 2.75) is 6.42 Å². The summed E-state index contributed by atoms with van der Waals surface area (Å²) in [6.07, 6.45) is 2.49. The van der Waals surface area contributed by atoms with Crippen molar-refractivity contribution in [2.24, 2.45) is 0 Å². The zero-order valence-electron chi connectivity index (χ0n) is 13.8. The van der Waals surface area contributed by atoms with E-state index in [2.05, 4.69) is 40.6 Å². The fraction of sp³-hybridized carbons (Fsp3) is 0.0909. The van der Waals surface area contributed by atoms with Crippen LogP contribution in [0.4, 0.5) is 0 Å². The van der Waals surface area contributed by atoms with Crippen molar-refractivity contribution in [3.05, 3.63) is 90.1 Å². The lowest BCUT2D eigenvalue weighted by Crippen LogP contribution is -2.25. The highest BCUT2D eigenvalue weighted by atomic mass is 16.1. The molecule has 1 aromatic heterocycles. The molecule has 0 unspecified atom stereocenters. The molecule has 0 spiro atoms. The zero-order valence-corrected chi connectivity index (χ0v) is 13.8. The third-order valence-corrected chi connectivity index (χ3v) is 4.41. The topological polar surface area (TPSA) is 42.0 Å². The van der Waals surface area contributed by atoms with Gasteiger partial charge in [-0.1, -0.05) is 60.7 Å². The summed E-state index contributed by atoms with van der Waals surface area (Å²) in [7, 11) is 0. The van der Waals surface area contributed by atoms with Gasteiger partial charge in [0, 0.05) is 18.1 Å². The van der Waals surface area contributed by atoms with Gasteiger partial charge in [0.25, 0.3) is 5.91 Å². The smallest absolute Gasteiger partial charge is 0.252 e. The van der Waals surface area contributed by atoms with Gasteiger partial charge in [0.05, 0.1) is 11.1 Å². The Kier molecular flexibility index (Phi) is 4.13. The minimum atomic E-state index is -0.0561. The van der Waals surface area contributed by atoms with E-state index in [1.165, 1.54) is 16.3 Å². The van der Waals surface area contributed by atoms with Gasteiger partial charge in [0.1, 0.15) is 0 Å². The third kappa shape index (κ3) is 3.22. The van der Waals surface area contributed by atoms with Gasteiger partial charge in [-0.2, -0.15) is 0 Å². The number of para-hydroxylation sites is 1.